The number of fused-ring (bicyclic) bond motifs is 1. The van der Waals surface area contributed by atoms with E-state index in [-0.39, 0.29) is 0 Å². The Morgan fingerprint density at radius 2 is 1.82 bits per heavy atom. The lowest BCUT2D eigenvalue weighted by atomic mass is 10.1. The van der Waals surface area contributed by atoms with Crippen LogP contribution in [0.5, 0.6) is 0 Å². The minimum atomic E-state index is 0.734. The molecule has 0 fully saturated rings. The number of nitrogen functional groups attached to an aromatic ring is 1. The van der Waals surface area contributed by atoms with Gasteiger partial charge in [0.25, 0.3) is 0 Å². The van der Waals surface area contributed by atoms with Crippen LogP contribution in [-0.2, 0) is 0 Å². The molecule has 0 bridgehead atoms. The second-order valence-corrected chi connectivity index (χ2v) is 3.91. The molecule has 0 aliphatic carbocycles. The molecule has 0 amide bonds. The highest BCUT2D eigenvalue weighted by Gasteiger charge is 2.05. The molecule has 2 aromatic carbocycles. The maximum absolute atomic E-state index is 5.79. The standard InChI is InChI=1S/C14H11N3/c15-12-6-3-5-10(8-12)14-13-7-2-1-4-11(13)9-16-17-14/h1-9H,15H2. The Hall–Kier alpha value is -2.42. The Morgan fingerprint density at radius 3 is 2.71 bits per heavy atom. The highest BCUT2D eigenvalue weighted by Crippen LogP contribution is 2.26. The van der Waals surface area contributed by atoms with Crippen molar-refractivity contribution in [1.82, 2.24) is 10.2 Å². The third kappa shape index (κ3) is 1.72. The molecular formula is C14H11N3. The molecule has 1 heterocycles. The number of aromatic nitrogens is 2. The molecule has 3 aromatic rings. The van der Waals surface area contributed by atoms with Crippen molar-refractivity contribution in [3.05, 3.63) is 54.7 Å². The molecule has 0 spiro atoms. The van der Waals surface area contributed by atoms with Crippen LogP contribution in [0.15, 0.2) is 54.7 Å². The number of hydrogen-bond acceptors (Lipinski definition) is 3. The summed E-state index contributed by atoms with van der Waals surface area (Å²) in [4.78, 5) is 0. The molecule has 3 rings (SSSR count). The third-order valence-electron chi connectivity index (χ3n) is 2.73. The average Bonchev–Trinajstić information content (AvgIpc) is 2.38. The minimum absolute atomic E-state index is 0.734. The Kier molecular flexibility index (Phi) is 2.22. The van der Waals surface area contributed by atoms with Crippen molar-refractivity contribution in [2.45, 2.75) is 0 Å². The van der Waals surface area contributed by atoms with Crippen molar-refractivity contribution < 1.29 is 0 Å². The zero-order valence-electron chi connectivity index (χ0n) is 9.17. The fraction of sp³-hybridized carbons (Fsp3) is 0. The van der Waals surface area contributed by atoms with Crippen LogP contribution in [0.1, 0.15) is 0 Å². The number of anilines is 1. The predicted octanol–water partition coefficient (Wildman–Crippen LogP) is 2.88. The van der Waals surface area contributed by atoms with Gasteiger partial charge in [-0.05, 0) is 12.1 Å². The van der Waals surface area contributed by atoms with Gasteiger partial charge in [-0.1, -0.05) is 36.4 Å². The first-order chi connectivity index (χ1) is 8.34. The number of rotatable bonds is 1. The van der Waals surface area contributed by atoms with Gasteiger partial charge in [-0.25, -0.2) is 0 Å². The van der Waals surface area contributed by atoms with Crippen LogP contribution in [0.3, 0.4) is 0 Å². The first-order valence-electron chi connectivity index (χ1n) is 5.41. The minimum Gasteiger partial charge on any atom is -0.399 e. The molecule has 0 aliphatic heterocycles. The van der Waals surface area contributed by atoms with E-state index in [1.54, 1.807) is 6.20 Å². The second-order valence-electron chi connectivity index (χ2n) is 3.91. The van der Waals surface area contributed by atoms with E-state index in [9.17, 15) is 0 Å². The van der Waals surface area contributed by atoms with E-state index in [0.717, 1.165) is 27.7 Å². The van der Waals surface area contributed by atoms with Crippen LogP contribution in [0.25, 0.3) is 22.0 Å². The molecule has 0 aliphatic rings. The van der Waals surface area contributed by atoms with Crippen molar-refractivity contribution in [3.8, 4) is 11.3 Å². The van der Waals surface area contributed by atoms with Gasteiger partial charge in [-0.3, -0.25) is 0 Å². The SMILES string of the molecule is Nc1cccc(-c2nncc3ccccc23)c1. The van der Waals surface area contributed by atoms with Gasteiger partial charge in [-0.2, -0.15) is 5.10 Å². The molecule has 0 radical (unpaired) electrons. The topological polar surface area (TPSA) is 51.8 Å². The smallest absolute Gasteiger partial charge is 0.101 e. The Labute approximate surface area is 98.9 Å². The van der Waals surface area contributed by atoms with Gasteiger partial charge in [-0.15, -0.1) is 5.10 Å². The Balaban J connectivity index is 2.30. The number of nitrogens with zero attached hydrogens (tertiary/aromatic N) is 2. The fourth-order valence-electron chi connectivity index (χ4n) is 1.93. The lowest BCUT2D eigenvalue weighted by Gasteiger charge is -2.05. The van der Waals surface area contributed by atoms with Crippen LogP contribution in [0, 0.1) is 0 Å². The lowest BCUT2D eigenvalue weighted by molar-refractivity contribution is 1.06. The zero-order valence-corrected chi connectivity index (χ0v) is 9.17. The summed E-state index contributed by atoms with van der Waals surface area (Å²) >= 11 is 0. The Morgan fingerprint density at radius 1 is 0.941 bits per heavy atom. The maximum atomic E-state index is 5.79. The number of nitrogens with two attached hydrogens (primary N) is 1. The largest absolute Gasteiger partial charge is 0.399 e. The molecule has 0 saturated carbocycles. The Bertz CT molecular complexity index is 672. The van der Waals surface area contributed by atoms with Crippen LogP contribution in [-0.4, -0.2) is 10.2 Å². The highest BCUT2D eigenvalue weighted by molar-refractivity contribution is 5.94. The molecule has 82 valence electrons. The van der Waals surface area contributed by atoms with Gasteiger partial charge >= 0.3 is 0 Å². The molecule has 3 nitrogen and oxygen atoms in total. The summed E-state index contributed by atoms with van der Waals surface area (Å²) < 4.78 is 0. The second kappa shape index (κ2) is 3.87. The maximum Gasteiger partial charge on any atom is 0.101 e. The van der Waals surface area contributed by atoms with E-state index < -0.39 is 0 Å². The molecule has 2 N–H and O–H groups in total. The first-order valence-corrected chi connectivity index (χ1v) is 5.41. The summed E-state index contributed by atoms with van der Waals surface area (Å²) in [5, 5.41) is 10.4. The molecule has 0 saturated heterocycles. The van der Waals surface area contributed by atoms with Gasteiger partial charge in [0, 0.05) is 22.0 Å². The quantitative estimate of drug-likeness (QED) is 0.643. The summed E-state index contributed by atoms with van der Waals surface area (Å²) in [6.45, 7) is 0. The lowest BCUT2D eigenvalue weighted by Crippen LogP contribution is -1.91. The highest BCUT2D eigenvalue weighted by atomic mass is 15.1. The van der Waals surface area contributed by atoms with E-state index >= 15 is 0 Å². The van der Waals surface area contributed by atoms with Gasteiger partial charge in [0.1, 0.15) is 5.69 Å². The van der Waals surface area contributed by atoms with Crippen LogP contribution >= 0.6 is 0 Å². The van der Waals surface area contributed by atoms with Crippen LogP contribution in [0.2, 0.25) is 0 Å². The number of benzene rings is 2. The van der Waals surface area contributed by atoms with Crippen molar-refractivity contribution in [1.29, 1.82) is 0 Å². The fourth-order valence-corrected chi connectivity index (χ4v) is 1.93. The monoisotopic (exact) mass is 221 g/mol. The molecule has 17 heavy (non-hydrogen) atoms. The van der Waals surface area contributed by atoms with Crippen molar-refractivity contribution in [3.63, 3.8) is 0 Å². The van der Waals surface area contributed by atoms with Crippen molar-refractivity contribution in [2.24, 2.45) is 0 Å². The molecular weight excluding hydrogens is 210 g/mol. The van der Waals surface area contributed by atoms with E-state index in [1.165, 1.54) is 0 Å². The van der Waals surface area contributed by atoms with Gasteiger partial charge < -0.3 is 5.73 Å². The predicted molar refractivity (Wildman–Crippen MR) is 69.4 cm³/mol. The summed E-state index contributed by atoms with van der Waals surface area (Å²) in [5.41, 5.74) is 8.39. The van der Waals surface area contributed by atoms with E-state index in [2.05, 4.69) is 10.2 Å². The summed E-state index contributed by atoms with van der Waals surface area (Å²) in [6, 6.07) is 15.8. The molecule has 0 atom stereocenters. The van der Waals surface area contributed by atoms with Crippen LogP contribution in [0.4, 0.5) is 5.69 Å². The third-order valence-corrected chi connectivity index (χ3v) is 2.73. The molecule has 1 aromatic heterocycles. The zero-order chi connectivity index (χ0) is 11.7. The van der Waals surface area contributed by atoms with Gasteiger partial charge in [0.15, 0.2) is 0 Å². The van der Waals surface area contributed by atoms with E-state index in [0.29, 0.717) is 0 Å². The summed E-state index contributed by atoms with van der Waals surface area (Å²) in [7, 11) is 0. The van der Waals surface area contributed by atoms with E-state index in [1.807, 2.05) is 48.5 Å². The van der Waals surface area contributed by atoms with E-state index in [4.69, 9.17) is 5.73 Å². The average molecular weight is 221 g/mol. The summed E-state index contributed by atoms with van der Waals surface area (Å²) in [5.74, 6) is 0. The van der Waals surface area contributed by atoms with Gasteiger partial charge in [0.05, 0.1) is 6.20 Å². The van der Waals surface area contributed by atoms with Gasteiger partial charge in [0.2, 0.25) is 0 Å². The number of hydrogen-bond donors (Lipinski definition) is 1. The summed E-state index contributed by atoms with van der Waals surface area (Å²) in [6.07, 6.45) is 1.77. The molecule has 3 heteroatoms. The van der Waals surface area contributed by atoms with Crippen LogP contribution < -0.4 is 5.73 Å². The normalized spacial score (nSPS) is 10.6. The molecule has 0 unspecified atom stereocenters. The van der Waals surface area contributed by atoms with Crippen molar-refractivity contribution >= 4 is 16.5 Å². The first kappa shape index (κ1) is 9.78. The van der Waals surface area contributed by atoms with Crippen molar-refractivity contribution in [2.75, 3.05) is 5.73 Å².